The molecule has 1 N–H and O–H groups in total. The molecule has 0 radical (unpaired) electrons. The van der Waals surface area contributed by atoms with Crippen LogP contribution in [0.15, 0.2) is 72.8 Å². The Balaban J connectivity index is 1.65. The Hall–Kier alpha value is -4.39. The topological polar surface area (TPSA) is 71.0 Å². The second kappa shape index (κ2) is 11.6. The van der Waals surface area contributed by atoms with Gasteiger partial charge in [0.1, 0.15) is 11.5 Å². The number of nitrogens with zero attached hydrogens (tertiary/aromatic N) is 1. The molecule has 1 heterocycles. The summed E-state index contributed by atoms with van der Waals surface area (Å²) in [6.07, 6.45) is 0.654. The lowest BCUT2D eigenvalue weighted by atomic mass is 10.1. The van der Waals surface area contributed by atoms with Crippen LogP contribution < -0.4 is 24.3 Å². The predicted molar refractivity (Wildman–Crippen MR) is 145 cm³/mol. The Kier molecular flexibility index (Phi) is 8.03. The molecule has 0 spiro atoms. The van der Waals surface area contributed by atoms with Crippen LogP contribution in [0, 0.1) is 6.92 Å². The van der Waals surface area contributed by atoms with E-state index in [2.05, 4.69) is 5.32 Å². The summed E-state index contributed by atoms with van der Waals surface area (Å²) in [5.74, 6) is 2.57. The van der Waals surface area contributed by atoms with Crippen LogP contribution in [0.25, 0.3) is 16.9 Å². The second-order valence-electron chi connectivity index (χ2n) is 8.46. The van der Waals surface area contributed by atoms with Crippen molar-refractivity contribution in [1.82, 2.24) is 9.88 Å². The van der Waals surface area contributed by atoms with E-state index in [1.807, 2.05) is 84.3 Å². The molecule has 0 bridgehead atoms. The maximum Gasteiger partial charge on any atom is 0.253 e. The molecule has 7 nitrogen and oxygen atoms in total. The summed E-state index contributed by atoms with van der Waals surface area (Å²) in [4.78, 5) is 13.4. The third-order valence-corrected chi connectivity index (χ3v) is 6.34. The molecule has 192 valence electrons. The molecule has 0 fully saturated rings. The smallest absolute Gasteiger partial charge is 0.253 e. The zero-order chi connectivity index (χ0) is 26.4. The number of ether oxygens (including phenoxy) is 4. The van der Waals surface area contributed by atoms with Crippen molar-refractivity contribution in [3.8, 4) is 39.9 Å². The molecule has 7 heteroatoms. The van der Waals surface area contributed by atoms with Crippen LogP contribution in [0.3, 0.4) is 0 Å². The van der Waals surface area contributed by atoms with Crippen LogP contribution in [-0.4, -0.2) is 45.5 Å². The van der Waals surface area contributed by atoms with Crippen molar-refractivity contribution < 1.29 is 23.7 Å². The van der Waals surface area contributed by atoms with Gasteiger partial charge >= 0.3 is 0 Å². The number of aromatic nitrogens is 1. The zero-order valence-corrected chi connectivity index (χ0v) is 21.8. The number of amides is 1. The molecular formula is C30H32N2O5. The third kappa shape index (κ3) is 5.40. The number of hydrogen-bond acceptors (Lipinski definition) is 5. The van der Waals surface area contributed by atoms with Crippen LogP contribution >= 0.6 is 0 Å². The fraction of sp³-hybridized carbons (Fsp3) is 0.233. The Morgan fingerprint density at radius 1 is 0.784 bits per heavy atom. The van der Waals surface area contributed by atoms with Gasteiger partial charge in [-0.05, 0) is 54.8 Å². The van der Waals surface area contributed by atoms with Crippen LogP contribution in [0.4, 0.5) is 0 Å². The maximum absolute atomic E-state index is 13.4. The summed E-state index contributed by atoms with van der Waals surface area (Å²) in [7, 11) is 6.48. The van der Waals surface area contributed by atoms with Gasteiger partial charge in [0.25, 0.3) is 5.91 Å². The Morgan fingerprint density at radius 2 is 1.49 bits per heavy atom. The molecule has 37 heavy (non-hydrogen) atoms. The lowest BCUT2D eigenvalue weighted by Crippen LogP contribution is -2.26. The first kappa shape index (κ1) is 25.7. The van der Waals surface area contributed by atoms with Crippen LogP contribution in [-0.2, 0) is 6.42 Å². The van der Waals surface area contributed by atoms with Crippen LogP contribution in [0.5, 0.6) is 23.0 Å². The van der Waals surface area contributed by atoms with Crippen LogP contribution in [0.1, 0.15) is 21.6 Å². The van der Waals surface area contributed by atoms with Gasteiger partial charge in [-0.3, -0.25) is 4.79 Å². The fourth-order valence-corrected chi connectivity index (χ4v) is 4.39. The molecule has 0 saturated heterocycles. The van der Waals surface area contributed by atoms with Crippen molar-refractivity contribution in [2.75, 3.05) is 35.0 Å². The molecule has 3 aromatic carbocycles. The van der Waals surface area contributed by atoms with E-state index in [1.165, 1.54) is 0 Å². The van der Waals surface area contributed by atoms with Gasteiger partial charge in [0.15, 0.2) is 11.5 Å². The zero-order valence-electron chi connectivity index (χ0n) is 21.8. The van der Waals surface area contributed by atoms with Crippen molar-refractivity contribution in [2.45, 2.75) is 13.3 Å². The van der Waals surface area contributed by atoms with E-state index >= 15 is 0 Å². The van der Waals surface area contributed by atoms with E-state index in [4.69, 9.17) is 18.9 Å². The van der Waals surface area contributed by atoms with Gasteiger partial charge in [-0.15, -0.1) is 0 Å². The highest BCUT2D eigenvalue weighted by molar-refractivity contribution is 5.97. The van der Waals surface area contributed by atoms with E-state index in [-0.39, 0.29) is 5.91 Å². The number of carbonyl (C=O) groups is 1. The first-order chi connectivity index (χ1) is 18.0. The number of methoxy groups -OCH3 is 4. The minimum Gasteiger partial charge on any atom is -0.497 e. The van der Waals surface area contributed by atoms with Gasteiger partial charge in [0, 0.05) is 18.3 Å². The van der Waals surface area contributed by atoms with Gasteiger partial charge in [0.2, 0.25) is 0 Å². The van der Waals surface area contributed by atoms with Crippen molar-refractivity contribution in [3.63, 3.8) is 0 Å². The summed E-state index contributed by atoms with van der Waals surface area (Å²) in [5.41, 5.74) is 5.10. The summed E-state index contributed by atoms with van der Waals surface area (Å²) in [6, 6.07) is 23.3. The van der Waals surface area contributed by atoms with Gasteiger partial charge in [-0.2, -0.15) is 0 Å². The van der Waals surface area contributed by atoms with Gasteiger partial charge < -0.3 is 28.8 Å². The molecular weight excluding hydrogens is 468 g/mol. The number of hydrogen-bond donors (Lipinski definition) is 1. The molecule has 0 aliphatic carbocycles. The van der Waals surface area contributed by atoms with Gasteiger partial charge in [-0.1, -0.05) is 36.4 Å². The van der Waals surface area contributed by atoms with Crippen LogP contribution in [0.2, 0.25) is 0 Å². The number of rotatable bonds is 10. The van der Waals surface area contributed by atoms with E-state index in [0.717, 1.165) is 28.2 Å². The monoisotopic (exact) mass is 500 g/mol. The van der Waals surface area contributed by atoms with Gasteiger partial charge in [0.05, 0.1) is 45.4 Å². The first-order valence-electron chi connectivity index (χ1n) is 12.0. The highest BCUT2D eigenvalue weighted by Crippen LogP contribution is 2.35. The first-order valence-corrected chi connectivity index (χ1v) is 12.0. The largest absolute Gasteiger partial charge is 0.497 e. The quantitative estimate of drug-likeness (QED) is 0.313. The molecule has 1 aromatic heterocycles. The Morgan fingerprint density at radius 3 is 2.16 bits per heavy atom. The lowest BCUT2D eigenvalue weighted by Gasteiger charge is -2.17. The number of benzene rings is 3. The SMILES string of the molecule is COc1ccc(OC)c(-n2c(-c3ccccc3)cc(C(=O)NCCc3ccc(OC)c(OC)c3)c2C)c1. The molecule has 0 atom stereocenters. The van der Waals surface area contributed by atoms with E-state index in [1.54, 1.807) is 28.4 Å². The number of carbonyl (C=O) groups excluding carboxylic acids is 1. The standard InChI is InChI=1S/C30H32N2O5/c1-20-24(30(33)31-16-15-21-11-13-28(36-4)29(17-21)37-5)19-25(22-9-7-6-8-10-22)32(20)26-18-23(34-2)12-14-27(26)35-3/h6-14,17-19H,15-16H2,1-5H3,(H,31,33). The highest BCUT2D eigenvalue weighted by atomic mass is 16.5. The highest BCUT2D eigenvalue weighted by Gasteiger charge is 2.22. The van der Waals surface area contributed by atoms with Crippen molar-refractivity contribution in [3.05, 3.63) is 89.6 Å². The Labute approximate surface area is 217 Å². The molecule has 0 aliphatic rings. The minimum atomic E-state index is -0.143. The second-order valence-corrected chi connectivity index (χ2v) is 8.46. The summed E-state index contributed by atoms with van der Waals surface area (Å²) in [6.45, 7) is 2.41. The molecule has 1 amide bonds. The average Bonchev–Trinajstić information content (AvgIpc) is 3.29. The minimum absolute atomic E-state index is 0.143. The molecule has 4 rings (SSSR count). The van der Waals surface area contributed by atoms with Crippen molar-refractivity contribution in [2.24, 2.45) is 0 Å². The normalized spacial score (nSPS) is 10.6. The lowest BCUT2D eigenvalue weighted by molar-refractivity contribution is 0.0953. The van der Waals surface area contributed by atoms with Crippen molar-refractivity contribution in [1.29, 1.82) is 0 Å². The maximum atomic E-state index is 13.4. The third-order valence-electron chi connectivity index (χ3n) is 6.34. The molecule has 4 aromatic rings. The van der Waals surface area contributed by atoms with E-state index in [0.29, 0.717) is 41.5 Å². The summed E-state index contributed by atoms with van der Waals surface area (Å²) >= 11 is 0. The van der Waals surface area contributed by atoms with E-state index in [9.17, 15) is 4.79 Å². The number of nitrogens with one attached hydrogen (secondary N) is 1. The fourth-order valence-electron chi connectivity index (χ4n) is 4.39. The molecule has 0 saturated carbocycles. The predicted octanol–water partition coefficient (Wildman–Crippen LogP) is 5.46. The summed E-state index contributed by atoms with van der Waals surface area (Å²) in [5, 5.41) is 3.07. The van der Waals surface area contributed by atoms with E-state index < -0.39 is 0 Å². The average molecular weight is 501 g/mol. The van der Waals surface area contributed by atoms with Gasteiger partial charge in [-0.25, -0.2) is 0 Å². The molecule has 0 unspecified atom stereocenters. The van der Waals surface area contributed by atoms with Crippen molar-refractivity contribution >= 4 is 5.91 Å². The Bertz CT molecular complexity index is 1380. The summed E-state index contributed by atoms with van der Waals surface area (Å²) < 4.78 is 23.9. The molecule has 0 aliphatic heterocycles.